The molecule has 0 aliphatic carbocycles. The smallest absolute Gasteiger partial charge is 0.338 e. The van der Waals surface area contributed by atoms with Gasteiger partial charge < -0.3 is 4.74 Å². The summed E-state index contributed by atoms with van der Waals surface area (Å²) >= 11 is 5.86. The van der Waals surface area contributed by atoms with Crippen LogP contribution in [0.15, 0.2) is 41.3 Å². The zero-order valence-electron chi connectivity index (χ0n) is 12.5. The van der Waals surface area contributed by atoms with Gasteiger partial charge >= 0.3 is 5.97 Å². The van der Waals surface area contributed by atoms with E-state index in [1.807, 2.05) is 0 Å². The van der Waals surface area contributed by atoms with Gasteiger partial charge in [-0.1, -0.05) is 23.7 Å². The lowest BCUT2D eigenvalue weighted by atomic mass is 10.1. The Hall–Kier alpha value is -1.92. The summed E-state index contributed by atoms with van der Waals surface area (Å²) in [5.74, 6) is -1.32. The molecule has 0 aliphatic heterocycles. The highest BCUT2D eigenvalue weighted by Gasteiger charge is 2.17. The average Bonchev–Trinajstić information content (AvgIpc) is 2.45. The Kier molecular flexibility index (Phi) is 5.06. The third-order valence-electron chi connectivity index (χ3n) is 3.27. The number of benzene rings is 2. The largest absolute Gasteiger partial charge is 0.457 e. The Morgan fingerprint density at radius 1 is 1.26 bits per heavy atom. The molecule has 23 heavy (non-hydrogen) atoms. The summed E-state index contributed by atoms with van der Waals surface area (Å²) in [4.78, 5) is 12.2. The first-order chi connectivity index (χ1) is 10.7. The molecule has 0 saturated heterocycles. The van der Waals surface area contributed by atoms with Crippen molar-refractivity contribution in [3.05, 3.63) is 63.9 Å². The molecule has 0 spiro atoms. The van der Waals surface area contributed by atoms with Crippen molar-refractivity contribution in [2.45, 2.75) is 18.4 Å². The Morgan fingerprint density at radius 2 is 1.96 bits per heavy atom. The van der Waals surface area contributed by atoms with E-state index in [1.54, 1.807) is 6.92 Å². The minimum absolute atomic E-state index is 0.0129. The van der Waals surface area contributed by atoms with Crippen LogP contribution in [0.2, 0.25) is 5.02 Å². The second-order valence-electron chi connectivity index (χ2n) is 5.03. The Bertz CT molecular complexity index is 842. The summed E-state index contributed by atoms with van der Waals surface area (Å²) in [5, 5.41) is 0.152. The number of hydrogen-bond donors (Lipinski definition) is 0. The van der Waals surface area contributed by atoms with Gasteiger partial charge in [0.25, 0.3) is 0 Å². The fourth-order valence-electron chi connectivity index (χ4n) is 1.94. The van der Waals surface area contributed by atoms with Crippen LogP contribution in [0, 0.1) is 12.7 Å². The van der Waals surface area contributed by atoms with Gasteiger partial charge in [-0.25, -0.2) is 17.6 Å². The first-order valence-corrected chi connectivity index (χ1v) is 8.88. The third-order valence-corrected chi connectivity index (χ3v) is 4.73. The molecule has 0 atom stereocenters. The van der Waals surface area contributed by atoms with Gasteiger partial charge in [0.15, 0.2) is 9.84 Å². The van der Waals surface area contributed by atoms with Crippen molar-refractivity contribution in [1.29, 1.82) is 0 Å². The molecule has 122 valence electrons. The van der Waals surface area contributed by atoms with Gasteiger partial charge in [-0.15, -0.1) is 0 Å². The van der Waals surface area contributed by atoms with E-state index in [0.29, 0.717) is 5.56 Å². The predicted octanol–water partition coefficient (Wildman–Crippen LogP) is 3.55. The van der Waals surface area contributed by atoms with Gasteiger partial charge in [-0.2, -0.15) is 0 Å². The molecule has 0 amide bonds. The predicted molar refractivity (Wildman–Crippen MR) is 84.8 cm³/mol. The molecule has 0 aliphatic rings. The number of ether oxygens (including phenoxy) is 1. The summed E-state index contributed by atoms with van der Waals surface area (Å²) in [6.07, 6.45) is 1.05. The van der Waals surface area contributed by atoms with Crippen LogP contribution in [0.25, 0.3) is 0 Å². The lowest BCUT2D eigenvalue weighted by Crippen LogP contribution is -2.10. The number of carbonyl (C=O) groups is 1. The number of sulfone groups is 1. The molecule has 0 saturated carbocycles. The molecular weight excluding hydrogens is 343 g/mol. The molecule has 0 fully saturated rings. The normalized spacial score (nSPS) is 11.3. The first-order valence-electron chi connectivity index (χ1n) is 6.61. The standard InChI is InChI=1S/C16H14ClFO4S/c1-10-6-7-11(23(2,20)21)8-12(10)16(19)22-9-13-14(17)4-3-5-15(13)18/h3-8H,9H2,1-2H3. The fraction of sp³-hybridized carbons (Fsp3) is 0.188. The van der Waals surface area contributed by atoms with Gasteiger partial charge in [-0.3, -0.25) is 0 Å². The lowest BCUT2D eigenvalue weighted by Gasteiger charge is -2.10. The topological polar surface area (TPSA) is 60.4 Å². The van der Waals surface area contributed by atoms with Crippen LogP contribution in [0.1, 0.15) is 21.5 Å². The highest BCUT2D eigenvalue weighted by Crippen LogP contribution is 2.21. The number of esters is 1. The van der Waals surface area contributed by atoms with E-state index in [9.17, 15) is 17.6 Å². The van der Waals surface area contributed by atoms with Crippen LogP contribution < -0.4 is 0 Å². The molecule has 2 aromatic rings. The molecular formula is C16H14ClFO4S. The van der Waals surface area contributed by atoms with E-state index >= 15 is 0 Å². The van der Waals surface area contributed by atoms with Crippen LogP contribution in [0.3, 0.4) is 0 Å². The van der Waals surface area contributed by atoms with Gasteiger partial charge in [0.1, 0.15) is 12.4 Å². The number of rotatable bonds is 4. The SMILES string of the molecule is Cc1ccc(S(C)(=O)=O)cc1C(=O)OCc1c(F)cccc1Cl. The maximum atomic E-state index is 13.6. The minimum atomic E-state index is -3.45. The van der Waals surface area contributed by atoms with Gasteiger partial charge in [0, 0.05) is 11.8 Å². The van der Waals surface area contributed by atoms with E-state index in [-0.39, 0.29) is 27.7 Å². The Balaban J connectivity index is 2.25. The van der Waals surface area contributed by atoms with Crippen molar-refractivity contribution in [2.75, 3.05) is 6.26 Å². The van der Waals surface area contributed by atoms with E-state index in [0.717, 1.165) is 6.26 Å². The molecule has 0 heterocycles. The van der Waals surface area contributed by atoms with Crippen molar-refractivity contribution in [3.8, 4) is 0 Å². The van der Waals surface area contributed by atoms with Crippen molar-refractivity contribution in [1.82, 2.24) is 0 Å². The second kappa shape index (κ2) is 6.68. The molecule has 7 heteroatoms. The van der Waals surface area contributed by atoms with Gasteiger partial charge in [-0.05, 0) is 36.8 Å². The van der Waals surface area contributed by atoms with Gasteiger partial charge in [0.2, 0.25) is 0 Å². The fourth-order valence-corrected chi connectivity index (χ4v) is 2.80. The lowest BCUT2D eigenvalue weighted by molar-refractivity contribution is 0.0468. The zero-order valence-corrected chi connectivity index (χ0v) is 14.0. The molecule has 4 nitrogen and oxygen atoms in total. The number of hydrogen-bond acceptors (Lipinski definition) is 4. The third kappa shape index (κ3) is 4.09. The summed E-state index contributed by atoms with van der Waals surface area (Å²) in [6, 6.07) is 8.32. The van der Waals surface area contributed by atoms with Crippen LogP contribution in [0.5, 0.6) is 0 Å². The van der Waals surface area contributed by atoms with E-state index in [1.165, 1.54) is 36.4 Å². The quantitative estimate of drug-likeness (QED) is 0.786. The van der Waals surface area contributed by atoms with E-state index < -0.39 is 21.6 Å². The Labute approximate surface area is 138 Å². The minimum Gasteiger partial charge on any atom is -0.457 e. The molecule has 2 rings (SSSR count). The van der Waals surface area contributed by atoms with Crippen LogP contribution in [-0.2, 0) is 21.2 Å². The second-order valence-corrected chi connectivity index (χ2v) is 7.45. The number of aryl methyl sites for hydroxylation is 1. The summed E-state index contributed by atoms with van der Waals surface area (Å²) < 4.78 is 41.9. The molecule has 0 bridgehead atoms. The summed E-state index contributed by atoms with van der Waals surface area (Å²) in [5.41, 5.74) is 0.738. The van der Waals surface area contributed by atoms with Crippen LogP contribution >= 0.6 is 11.6 Å². The number of halogens is 2. The van der Waals surface area contributed by atoms with Crippen molar-refractivity contribution < 1.29 is 22.3 Å². The molecule has 0 N–H and O–H groups in total. The average molecular weight is 357 g/mol. The van der Waals surface area contributed by atoms with Crippen LogP contribution in [0.4, 0.5) is 4.39 Å². The molecule has 0 radical (unpaired) electrons. The van der Waals surface area contributed by atoms with Crippen LogP contribution in [-0.4, -0.2) is 20.6 Å². The van der Waals surface area contributed by atoms with Crippen molar-refractivity contribution >= 4 is 27.4 Å². The molecule has 2 aromatic carbocycles. The van der Waals surface area contributed by atoms with Crippen molar-refractivity contribution in [2.24, 2.45) is 0 Å². The number of carbonyl (C=O) groups excluding carboxylic acids is 1. The van der Waals surface area contributed by atoms with E-state index in [4.69, 9.17) is 16.3 Å². The first kappa shape index (κ1) is 17.4. The molecule has 0 unspecified atom stereocenters. The maximum absolute atomic E-state index is 13.6. The van der Waals surface area contributed by atoms with Gasteiger partial charge in [0.05, 0.1) is 15.5 Å². The zero-order chi connectivity index (χ0) is 17.2. The van der Waals surface area contributed by atoms with E-state index in [2.05, 4.69) is 0 Å². The highest BCUT2D eigenvalue weighted by molar-refractivity contribution is 7.90. The molecule has 0 aromatic heterocycles. The maximum Gasteiger partial charge on any atom is 0.338 e. The summed E-state index contributed by atoms with van der Waals surface area (Å²) in [6.45, 7) is 1.31. The monoisotopic (exact) mass is 356 g/mol. The highest BCUT2D eigenvalue weighted by atomic mass is 35.5. The summed E-state index contributed by atoms with van der Waals surface area (Å²) in [7, 11) is -3.45. The Morgan fingerprint density at radius 3 is 2.57 bits per heavy atom. The van der Waals surface area contributed by atoms with Crippen molar-refractivity contribution in [3.63, 3.8) is 0 Å².